The molecule has 7 heterocycles. The average molecular weight is 1680 g/mol. The Hall–Kier alpha value is -15.7. The van der Waals surface area contributed by atoms with Crippen molar-refractivity contribution in [3.05, 3.63) is 446 Å². The second-order valence-corrected chi connectivity index (χ2v) is 33.7. The van der Waals surface area contributed by atoms with Crippen LogP contribution in [0.5, 0.6) is 0 Å². The molecule has 0 atom stereocenters. The largest absolute Gasteiger partial charge is 0.456 e. The maximum Gasteiger partial charge on any atom is 0.237 e. The lowest BCUT2D eigenvalue weighted by Crippen LogP contribution is -2.75. The van der Waals surface area contributed by atoms with Crippen LogP contribution in [-0.4, -0.2) is 54.4 Å². The van der Waals surface area contributed by atoms with Gasteiger partial charge in [-0.05, 0) is 116 Å². The molecule has 0 bridgehead atoms. The SMILES string of the molecule is [2H]c1c([2H])c([2H])c([Si](c2c([2H])c([2H])c([2H])c([2H])c2[2H])(c2c([2H])c([2H])c(C)c([2H])c2[2H])c2c([2H])c([2H])c([2H])c(-c3cc(-n4c5c([2H])c([2H])c([2H])c([2H])c5c5c([2H])c([2H])c([2H])c([2H])c54)nc(-n4c5c([2H])c([2H])c([2H])c([2H])c5c5c([2H])c([2H])c([2H])c([2H])c54)n3)c2[2H])c([2H])c1[2H].[2H]c1c([2H])c([2H])c([Si](c2c([2H])c([2H])c([2H])c([2H])c2[2H])(c2c([2H])c([2H])c([2H])c(-c3cc(-n4c5c([2H])c([2H])c([2H])c([2H])c5c5c([2H])c([2H])c([2H])c([2H])c54)nc(-n4c5c([2H])c([2H])c([2H])c([2H])c5c5c([2H])c([2H])c([2H])c([2H])c54)n3)c2[2H])c2c([2H])c(C)c([2H])c3c2oc2c([2H])c([2H])c([2H])c([2H])c23)c([2H])c1[2H]. The lowest BCUT2D eigenvalue weighted by molar-refractivity contribution is 0.671. The summed E-state index contributed by atoms with van der Waals surface area (Å²) in [6.07, 6.45) is 0. The van der Waals surface area contributed by atoms with Crippen molar-refractivity contribution in [2.45, 2.75) is 13.8 Å². The monoisotopic (exact) mass is 1680 g/mol. The third kappa shape index (κ3) is 11.8. The van der Waals surface area contributed by atoms with Crippen molar-refractivity contribution < 1.29 is 100 Å². The summed E-state index contributed by atoms with van der Waals surface area (Å²) >= 11 is 0. The third-order valence-electron chi connectivity index (χ3n) is 20.1. The molecule has 0 saturated carbocycles. The van der Waals surface area contributed by atoms with E-state index in [-0.39, 0.29) is 0 Å². The Balaban J connectivity index is 0.000000201. The van der Waals surface area contributed by atoms with Gasteiger partial charge in [0.2, 0.25) is 11.9 Å². The van der Waals surface area contributed by atoms with E-state index < -0.39 is 647 Å². The Morgan fingerprint density at radius 1 is 0.236 bits per heavy atom. The molecule has 0 aliphatic rings. The number of hydrogen-bond acceptors (Lipinski definition) is 5. The molecule has 0 N–H and O–H groups in total. The van der Waals surface area contributed by atoms with Crippen molar-refractivity contribution in [2.75, 3.05) is 0 Å². The lowest BCUT2D eigenvalue weighted by atomic mass is 10.1. The van der Waals surface area contributed by atoms with E-state index in [0.717, 1.165) is 35.1 Å². The van der Waals surface area contributed by atoms with Gasteiger partial charge in [-0.1, -0.05) is 374 Å². The van der Waals surface area contributed by atoms with Crippen LogP contribution in [0.4, 0.5) is 0 Å². The number of rotatable bonds is 14. The van der Waals surface area contributed by atoms with Crippen LogP contribution in [0.2, 0.25) is 0 Å². The molecule has 11 heteroatoms. The molecule has 24 aromatic rings. The van der Waals surface area contributed by atoms with Gasteiger partial charge in [-0.15, -0.1) is 0 Å². The van der Waals surface area contributed by atoms with Crippen LogP contribution >= 0.6 is 0 Å². The van der Waals surface area contributed by atoms with Gasteiger partial charge in [0.1, 0.15) is 22.8 Å². The van der Waals surface area contributed by atoms with E-state index in [1.54, 1.807) is 0 Å². The Labute approximate surface area is 810 Å². The quantitative estimate of drug-likeness (QED) is 0.0800. The molecule has 0 fully saturated rings. The van der Waals surface area contributed by atoms with Crippen molar-refractivity contribution >= 4 is 167 Å². The Morgan fingerprint density at radius 2 is 0.528 bits per heavy atom. The van der Waals surface area contributed by atoms with Gasteiger partial charge in [0, 0.05) is 77.1 Å². The zero-order chi connectivity index (χ0) is 143. The molecule has 0 aliphatic heterocycles. The predicted octanol–water partition coefficient (Wildman–Crippen LogP) is 21.9. The van der Waals surface area contributed by atoms with Crippen LogP contribution in [-0.2, 0) is 0 Å². The number of para-hydroxylation sites is 9. The molecular weight excluding hydrogens is 1530 g/mol. The first-order chi connectivity index (χ1) is 89.9. The van der Waals surface area contributed by atoms with Crippen molar-refractivity contribution in [2.24, 2.45) is 0 Å². The normalized spacial score (nSPS) is 20.0. The Kier molecular flexibility index (Phi) is 7.37. The van der Waals surface area contributed by atoms with Crippen molar-refractivity contribution in [3.63, 3.8) is 0 Å². The zero-order valence-corrected chi connectivity index (χ0v) is 64.1. The molecule has 123 heavy (non-hydrogen) atoms. The van der Waals surface area contributed by atoms with Crippen molar-refractivity contribution in [1.29, 1.82) is 0 Å². The van der Waals surface area contributed by atoms with Gasteiger partial charge < -0.3 is 4.42 Å². The van der Waals surface area contributed by atoms with Crippen LogP contribution in [0.1, 0.15) is 107 Å². The second kappa shape index (κ2) is 29.7. The van der Waals surface area contributed by atoms with Crippen molar-refractivity contribution in [1.82, 2.24) is 38.2 Å². The lowest BCUT2D eigenvalue weighted by Gasteiger charge is -2.35. The summed E-state index contributed by atoms with van der Waals surface area (Å²) in [5.41, 5.74) is -12.4. The first-order valence-corrected chi connectivity index (χ1v) is 40.3. The molecule has 7 aromatic heterocycles. The van der Waals surface area contributed by atoms with Gasteiger partial charge in [-0.3, -0.25) is 18.3 Å². The molecule has 0 amide bonds. The summed E-state index contributed by atoms with van der Waals surface area (Å²) in [6.45, 7) is 2.24. The van der Waals surface area contributed by atoms with E-state index >= 15 is 0 Å². The molecule has 9 nitrogen and oxygen atoms in total. The van der Waals surface area contributed by atoms with E-state index in [1.807, 2.05) is 0 Å². The summed E-state index contributed by atoms with van der Waals surface area (Å²) in [6, 6.07) is -73.8. The highest BCUT2D eigenvalue weighted by Gasteiger charge is 2.45. The molecule has 0 radical (unpaired) electrons. The maximum absolute atomic E-state index is 10.9. The molecule has 24 rings (SSSR count). The van der Waals surface area contributed by atoms with Crippen LogP contribution < -0.4 is 41.5 Å². The third-order valence-corrected chi connectivity index (χ3v) is 28.2. The van der Waals surface area contributed by atoms with E-state index in [2.05, 4.69) is 4.98 Å². The summed E-state index contributed by atoms with van der Waals surface area (Å²) in [4.78, 5) is 18.8. The van der Waals surface area contributed by atoms with Gasteiger partial charge >= 0.3 is 0 Å². The topological polar surface area (TPSA) is 84.4 Å². The number of furan rings is 1. The van der Waals surface area contributed by atoms with E-state index in [0.29, 0.717) is 9.13 Å². The fraction of sp³-hybridized carbons (Fsp3) is 0.0179. The van der Waals surface area contributed by atoms with E-state index in [4.69, 9.17) is 61.9 Å². The summed E-state index contributed by atoms with van der Waals surface area (Å²) in [7, 11) is -13.2. The highest BCUT2D eigenvalue weighted by atomic mass is 28.3. The molecule has 580 valence electrons. The maximum atomic E-state index is 10.9. The van der Waals surface area contributed by atoms with E-state index in [1.165, 1.54) is 0 Å². The first kappa shape index (κ1) is 30.5. The summed E-state index contributed by atoms with van der Waals surface area (Å²) in [5.74, 6) is -3.78. The number of fused-ring (bicyclic) bond motifs is 15. The molecule has 17 aromatic carbocycles. The number of nitrogens with zero attached hydrogens (tertiary/aromatic N) is 8. The molecule has 0 aliphatic carbocycles. The first-order valence-electron chi connectivity index (χ1n) is 71.3. The fourth-order valence-electron chi connectivity index (χ4n) is 15.0. The average Bonchev–Trinajstić information content (AvgIpc) is 1.12. The highest BCUT2D eigenvalue weighted by molar-refractivity contribution is 7.21. The molecular formula is C112H78N8OSi2. The molecule has 0 saturated heterocycles. The van der Waals surface area contributed by atoms with Gasteiger partial charge in [0.15, 0.2) is 16.1 Å². The standard InChI is InChI=1S/C59H40N4OSi.C53H38N4Si/c1-39-35-49-48-29-12-17-34-55(48)64-58(49)56(36-39)65(41-20-4-2-5-21-41,42-22-6-3-7-23-42)43-24-18-19-40(37-43)50-38-57(62-51-30-13-8-25-44(51)45-26-9-14-31-52(45)62)61-59(60-50)63-53-32-15-10-27-46(53)47-28-11-16-33-54(47)63;1-37-31-33-41(34-32-37)58(39-18-4-2-5-19-39,40-20-6-3-7-21-40)42-22-16-17-38(35-42)47-36-52(56-48-27-12-8-23-43(48)44-24-9-13-28-49(44)56)55-53(54-47)57-50-29-14-10-25-45(50)46-26-11-15-30-51(46)57/h2-38H,1H3;2-36H,1H3/i2D,3D,4D,5D,6D,7D,8D,9D,10D,11D,12D,13D,14D,15D,16D,17D,18D,19D,20D,21D,22D,23D,24D,25D,26D,27D,28D,29D,30D,31D,32D,33D,34D,35D,36D,37D;2D,3D,4D,5D,6D,7D,8D,9D,10D,11D,12D,13D,14D,15D,16D,17D,18D,19D,20D,21D,22D,23D,24D,25D,26D,27D,28D,29D,30D,31D,32D,33D,34D,35D. The second-order valence-electron chi connectivity index (χ2n) is 26.7. The van der Waals surface area contributed by atoms with E-state index in [9.17, 15) is 53.5 Å². The van der Waals surface area contributed by atoms with Gasteiger partial charge in [-0.2, -0.15) is 9.97 Å². The van der Waals surface area contributed by atoms with Crippen LogP contribution in [0, 0.1) is 13.8 Å². The molecule has 0 unspecified atom stereocenters. The minimum Gasteiger partial charge on any atom is -0.456 e. The van der Waals surface area contributed by atoms with Gasteiger partial charge in [0.05, 0.1) is 151 Å². The van der Waals surface area contributed by atoms with Crippen LogP contribution in [0.3, 0.4) is 0 Å². The molecule has 0 spiro atoms. The van der Waals surface area contributed by atoms with Gasteiger partial charge in [0.25, 0.3) is 0 Å². The minimum absolute atomic E-state index is 0.394. The summed E-state index contributed by atoms with van der Waals surface area (Å²) < 4.78 is 660. The number of benzene rings is 17. The predicted molar refractivity (Wildman–Crippen MR) is 516 cm³/mol. The van der Waals surface area contributed by atoms with Crippen LogP contribution in [0.15, 0.2) is 440 Å². The van der Waals surface area contributed by atoms with Gasteiger partial charge in [-0.25, -0.2) is 9.97 Å². The Morgan fingerprint density at radius 3 is 0.894 bits per heavy atom. The fourth-order valence-corrected chi connectivity index (χ4v) is 22.6. The zero-order valence-electron chi connectivity index (χ0n) is 132. The smallest absolute Gasteiger partial charge is 0.237 e. The number of aromatic nitrogens is 8. The minimum atomic E-state index is -6.67. The van der Waals surface area contributed by atoms with Crippen molar-refractivity contribution in [3.8, 4) is 46.0 Å². The highest BCUT2D eigenvalue weighted by Crippen LogP contribution is 2.40. The van der Waals surface area contributed by atoms with Crippen LogP contribution in [0.25, 0.3) is 155 Å². The number of hydrogen-bond donors (Lipinski definition) is 0. The summed E-state index contributed by atoms with van der Waals surface area (Å²) in [5, 5.41) is -15.2. The Bertz CT molecular complexity index is 11800.